The van der Waals surface area contributed by atoms with Crippen LogP contribution < -0.4 is 5.73 Å². The van der Waals surface area contributed by atoms with Gasteiger partial charge in [-0.1, -0.05) is 188 Å². The topological polar surface area (TPSA) is 51.3 Å². The fourth-order valence-electron chi connectivity index (χ4n) is 7.53. The van der Waals surface area contributed by atoms with Crippen molar-refractivity contribution in [2.24, 2.45) is 10.7 Å². The van der Waals surface area contributed by atoms with E-state index in [1.165, 1.54) is 32.7 Å². The Kier molecular flexibility index (Phi) is 9.36. The van der Waals surface area contributed by atoms with Gasteiger partial charge in [-0.15, -0.1) is 0 Å². The van der Waals surface area contributed by atoms with Gasteiger partial charge < -0.3 is 5.73 Å². The second-order valence-corrected chi connectivity index (χ2v) is 13.9. The lowest BCUT2D eigenvalue weighted by Gasteiger charge is -2.15. The highest BCUT2D eigenvalue weighted by Crippen LogP contribution is 2.39. The van der Waals surface area contributed by atoms with Gasteiger partial charge in [0.1, 0.15) is 6.17 Å². The van der Waals surface area contributed by atoms with Gasteiger partial charge in [-0.2, -0.15) is 0 Å². The van der Waals surface area contributed by atoms with E-state index in [2.05, 4.69) is 170 Å². The zero-order valence-electron chi connectivity index (χ0n) is 30.4. The summed E-state index contributed by atoms with van der Waals surface area (Å²) in [6.45, 7) is 0. The summed E-state index contributed by atoms with van der Waals surface area (Å²) in [7, 11) is 0. The lowest BCUT2D eigenvalue weighted by molar-refractivity contribution is 0.774. The molecule has 0 amide bonds. The normalized spacial score (nSPS) is 12.5. The van der Waals surface area contributed by atoms with Crippen LogP contribution >= 0.6 is 0 Å². The van der Waals surface area contributed by atoms with E-state index in [1.54, 1.807) is 0 Å². The van der Waals surface area contributed by atoms with E-state index < -0.39 is 6.17 Å². The van der Waals surface area contributed by atoms with Gasteiger partial charge in [-0.3, -0.25) is 4.99 Å². The average Bonchev–Trinajstić information content (AvgIpc) is 3.26. The minimum Gasteiger partial charge on any atom is -0.306 e. The molecule has 0 radical (unpaired) electrons. The fourth-order valence-corrected chi connectivity index (χ4v) is 7.53. The lowest BCUT2D eigenvalue weighted by atomic mass is 9.92. The Bertz CT molecular complexity index is 2820. The summed E-state index contributed by atoms with van der Waals surface area (Å²) in [5.74, 6) is 0. The highest BCUT2D eigenvalue weighted by molar-refractivity contribution is 6.15. The molecule has 1 atom stereocenters. The molecule has 2 N–H and O–H groups in total. The van der Waals surface area contributed by atoms with Crippen molar-refractivity contribution >= 4 is 44.2 Å². The molecule has 0 bridgehead atoms. The van der Waals surface area contributed by atoms with E-state index in [4.69, 9.17) is 15.7 Å². The zero-order valence-corrected chi connectivity index (χ0v) is 30.4. The monoisotopic (exact) mass is 705 g/mol. The fraction of sp³-hybridized carbons (Fsp3) is 0.0385. The Morgan fingerprint density at radius 2 is 1.20 bits per heavy atom. The van der Waals surface area contributed by atoms with Crippen LogP contribution in [-0.2, 0) is 0 Å². The molecule has 0 aliphatic rings. The van der Waals surface area contributed by atoms with Crippen LogP contribution in [0.4, 0.5) is 0 Å². The highest BCUT2D eigenvalue weighted by Gasteiger charge is 2.15. The van der Waals surface area contributed by atoms with Crippen molar-refractivity contribution in [1.82, 2.24) is 4.98 Å². The Hall–Kier alpha value is -6.94. The summed E-state index contributed by atoms with van der Waals surface area (Å²) >= 11 is 0. The molecule has 1 aromatic heterocycles. The second-order valence-electron chi connectivity index (χ2n) is 13.9. The van der Waals surface area contributed by atoms with Crippen LogP contribution in [0.5, 0.6) is 0 Å². The molecule has 3 heteroatoms. The van der Waals surface area contributed by atoms with Crippen molar-refractivity contribution < 1.29 is 0 Å². The molecule has 0 saturated heterocycles. The number of nitrogens with two attached hydrogens (primary N) is 1. The van der Waals surface area contributed by atoms with Crippen molar-refractivity contribution in [1.29, 1.82) is 0 Å². The molecule has 262 valence electrons. The van der Waals surface area contributed by atoms with Gasteiger partial charge >= 0.3 is 0 Å². The van der Waals surface area contributed by atoms with Gasteiger partial charge in [-0.25, -0.2) is 4.98 Å². The van der Waals surface area contributed by atoms with Crippen LogP contribution in [-0.4, -0.2) is 10.7 Å². The van der Waals surface area contributed by atoms with Crippen LogP contribution in [0.25, 0.3) is 72.0 Å². The van der Waals surface area contributed by atoms with Crippen LogP contribution in [0.2, 0.25) is 0 Å². The summed E-state index contributed by atoms with van der Waals surface area (Å²) in [6.07, 6.45) is 4.47. The standard InChI is InChI=1S/C52H39N3/c53-52(55-48(41-20-8-3-9-21-41)25-12-16-36-14-4-1-5-15-36)42-29-26-37(27-30-42)43-31-28-40-32-33-49-51(46(40)34-43)47(39-17-6-2-7-18-39)35-50(54-49)45-24-13-22-38-19-10-11-23-44(38)45/h1-24,26-35,52H,25,53H2/b16-12+,55-48?. The molecule has 9 aromatic rings. The number of pyridine rings is 1. The van der Waals surface area contributed by atoms with Crippen LogP contribution in [0.3, 0.4) is 0 Å². The van der Waals surface area contributed by atoms with Gasteiger partial charge in [0.25, 0.3) is 0 Å². The number of fused-ring (bicyclic) bond motifs is 4. The maximum Gasteiger partial charge on any atom is 0.123 e. The predicted octanol–water partition coefficient (Wildman–Crippen LogP) is 13.1. The van der Waals surface area contributed by atoms with Crippen LogP contribution in [0.1, 0.15) is 29.3 Å². The number of hydrogen-bond donors (Lipinski definition) is 1. The van der Waals surface area contributed by atoms with Crippen molar-refractivity contribution in [3.63, 3.8) is 0 Å². The summed E-state index contributed by atoms with van der Waals surface area (Å²) in [5, 5.41) is 5.90. The predicted molar refractivity (Wildman–Crippen MR) is 233 cm³/mol. The van der Waals surface area contributed by atoms with Gasteiger partial charge in [0.05, 0.1) is 11.2 Å². The number of aromatic nitrogens is 1. The van der Waals surface area contributed by atoms with E-state index in [1.807, 2.05) is 36.4 Å². The van der Waals surface area contributed by atoms with E-state index >= 15 is 0 Å². The summed E-state index contributed by atoms with van der Waals surface area (Å²) in [4.78, 5) is 10.4. The molecule has 55 heavy (non-hydrogen) atoms. The molecule has 0 aliphatic heterocycles. The Labute approximate surface area is 321 Å². The minimum atomic E-state index is -0.495. The Morgan fingerprint density at radius 1 is 0.545 bits per heavy atom. The van der Waals surface area contributed by atoms with Crippen LogP contribution in [0, 0.1) is 0 Å². The first-order valence-electron chi connectivity index (χ1n) is 18.8. The van der Waals surface area contributed by atoms with E-state index in [0.29, 0.717) is 6.42 Å². The first kappa shape index (κ1) is 33.9. The molecule has 3 nitrogen and oxygen atoms in total. The second kappa shape index (κ2) is 15.2. The number of nitrogens with zero attached hydrogens (tertiary/aromatic N) is 2. The summed E-state index contributed by atoms with van der Waals surface area (Å²) < 4.78 is 0. The third-order valence-corrected chi connectivity index (χ3v) is 10.3. The quantitative estimate of drug-likeness (QED) is 0.120. The summed E-state index contributed by atoms with van der Waals surface area (Å²) in [6, 6.07) is 68.2. The largest absolute Gasteiger partial charge is 0.306 e. The van der Waals surface area contributed by atoms with Crippen molar-refractivity contribution in [3.05, 3.63) is 217 Å². The summed E-state index contributed by atoms with van der Waals surface area (Å²) in [5.41, 5.74) is 18.6. The van der Waals surface area contributed by atoms with Gasteiger partial charge in [0.2, 0.25) is 0 Å². The van der Waals surface area contributed by atoms with Crippen molar-refractivity contribution in [2.75, 3.05) is 0 Å². The van der Waals surface area contributed by atoms with Crippen molar-refractivity contribution in [3.8, 4) is 33.5 Å². The van der Waals surface area contributed by atoms with Gasteiger partial charge in [-0.05, 0) is 78.7 Å². The molecule has 0 saturated carbocycles. The van der Waals surface area contributed by atoms with E-state index in [0.717, 1.165) is 55.7 Å². The first-order chi connectivity index (χ1) is 27.2. The van der Waals surface area contributed by atoms with E-state index in [-0.39, 0.29) is 0 Å². The average molecular weight is 706 g/mol. The van der Waals surface area contributed by atoms with Crippen molar-refractivity contribution in [2.45, 2.75) is 12.6 Å². The molecule has 0 spiro atoms. The van der Waals surface area contributed by atoms with Gasteiger partial charge in [0.15, 0.2) is 0 Å². The molecule has 0 fully saturated rings. The lowest BCUT2D eigenvalue weighted by Crippen LogP contribution is -2.12. The molecule has 1 heterocycles. The molecular formula is C52H39N3. The SMILES string of the molecule is NC(N=C(C/C=C/c1ccccc1)c1ccccc1)c1ccc(-c2ccc3ccc4nc(-c5cccc6ccccc56)cc(-c5ccccc5)c4c3c2)cc1. The number of allylic oxidation sites excluding steroid dienone is 1. The van der Waals surface area contributed by atoms with Gasteiger partial charge in [0, 0.05) is 23.1 Å². The third kappa shape index (κ3) is 7.09. The third-order valence-electron chi connectivity index (χ3n) is 10.3. The Balaban J connectivity index is 1.08. The maximum atomic E-state index is 6.78. The number of aliphatic imine (C=N–C) groups is 1. The molecular weight excluding hydrogens is 667 g/mol. The van der Waals surface area contributed by atoms with E-state index in [9.17, 15) is 0 Å². The smallest absolute Gasteiger partial charge is 0.123 e. The minimum absolute atomic E-state index is 0.495. The highest BCUT2D eigenvalue weighted by atomic mass is 14.9. The molecule has 0 aliphatic carbocycles. The number of benzene rings is 8. The maximum absolute atomic E-state index is 6.78. The first-order valence-corrected chi connectivity index (χ1v) is 18.8. The number of rotatable bonds is 9. The molecule has 9 rings (SSSR count). The number of hydrogen-bond acceptors (Lipinski definition) is 3. The molecule has 1 unspecified atom stereocenters. The van der Waals surface area contributed by atoms with Crippen LogP contribution in [0.15, 0.2) is 205 Å². The molecule has 8 aromatic carbocycles. The zero-order chi connectivity index (χ0) is 37.0. The Morgan fingerprint density at radius 3 is 2.00 bits per heavy atom.